The predicted octanol–water partition coefficient (Wildman–Crippen LogP) is 3.81. The van der Waals surface area contributed by atoms with Gasteiger partial charge in [-0.15, -0.1) is 0 Å². The van der Waals surface area contributed by atoms with Crippen LogP contribution in [0.3, 0.4) is 0 Å². The maximum atomic E-state index is 12.8. The second-order valence-corrected chi connectivity index (χ2v) is 5.17. The molecule has 0 bridgehead atoms. The lowest BCUT2D eigenvalue weighted by molar-refractivity contribution is 0.102. The molecule has 0 atom stereocenters. The average Bonchev–Trinajstić information content (AvgIpc) is 2.61. The summed E-state index contributed by atoms with van der Waals surface area (Å²) in [5, 5.41) is 14.5. The first kappa shape index (κ1) is 15.7. The minimum absolute atomic E-state index is 0.0833. The van der Waals surface area contributed by atoms with Gasteiger partial charge in [-0.25, -0.2) is 0 Å². The van der Waals surface area contributed by atoms with Crippen molar-refractivity contribution in [2.24, 2.45) is 0 Å². The molecule has 0 spiro atoms. The van der Waals surface area contributed by atoms with Gasteiger partial charge in [-0.3, -0.25) is 4.79 Å². The molecule has 0 radical (unpaired) electrons. The molecule has 3 aromatic rings. The van der Waals surface area contributed by atoms with Crippen LogP contribution in [0.15, 0.2) is 54.6 Å². The summed E-state index contributed by atoms with van der Waals surface area (Å²) in [6.45, 7) is 0. The van der Waals surface area contributed by atoms with Gasteiger partial charge in [0.15, 0.2) is 0 Å². The van der Waals surface area contributed by atoms with Crippen molar-refractivity contribution >= 4 is 22.4 Å². The molecule has 0 aliphatic carbocycles. The molecule has 0 fully saturated rings. The van der Waals surface area contributed by atoms with Crippen LogP contribution in [0.25, 0.3) is 10.8 Å². The average molecular weight is 323 g/mol. The smallest absolute Gasteiger partial charge is 0.260 e. The van der Waals surface area contributed by atoms with Crippen LogP contribution in [-0.4, -0.2) is 25.2 Å². The molecular formula is C19H17NO4. The Morgan fingerprint density at radius 3 is 2.25 bits per heavy atom. The number of amides is 1. The van der Waals surface area contributed by atoms with Crippen LogP contribution in [0.2, 0.25) is 0 Å². The minimum atomic E-state index is -0.438. The number of rotatable bonds is 4. The van der Waals surface area contributed by atoms with Crippen LogP contribution in [0.1, 0.15) is 10.4 Å². The number of hydrogen-bond acceptors (Lipinski definition) is 4. The number of para-hydroxylation sites is 1. The summed E-state index contributed by atoms with van der Waals surface area (Å²) >= 11 is 0. The number of methoxy groups -OCH3 is 2. The molecule has 0 saturated heterocycles. The van der Waals surface area contributed by atoms with Gasteiger partial charge in [0.25, 0.3) is 5.91 Å². The maximum absolute atomic E-state index is 12.8. The summed E-state index contributed by atoms with van der Waals surface area (Å²) in [5.74, 6) is 0.428. The van der Waals surface area contributed by atoms with Crippen LogP contribution in [0.4, 0.5) is 5.69 Å². The van der Waals surface area contributed by atoms with E-state index in [1.807, 2.05) is 18.2 Å². The quantitative estimate of drug-likeness (QED) is 0.766. The van der Waals surface area contributed by atoms with Gasteiger partial charge < -0.3 is 19.9 Å². The third-order valence-electron chi connectivity index (χ3n) is 3.80. The Bertz CT molecular complexity index is 883. The van der Waals surface area contributed by atoms with E-state index in [2.05, 4.69) is 5.32 Å². The standard InChI is InChI=1S/C19H17NO4/c1-23-15-8-5-9-16(24-2)18(15)20-19(22)17-13-7-4-3-6-12(13)10-11-14(17)21/h3-11,21H,1-2H3,(H,20,22). The molecule has 5 heteroatoms. The number of phenols is 1. The number of hydrogen-bond donors (Lipinski definition) is 2. The minimum Gasteiger partial charge on any atom is -0.507 e. The Labute approximate surface area is 139 Å². The lowest BCUT2D eigenvalue weighted by Crippen LogP contribution is -2.14. The molecule has 0 heterocycles. The summed E-state index contributed by atoms with van der Waals surface area (Å²) in [7, 11) is 3.03. The van der Waals surface area contributed by atoms with Crippen molar-refractivity contribution in [2.75, 3.05) is 19.5 Å². The van der Waals surface area contributed by atoms with E-state index < -0.39 is 5.91 Å². The van der Waals surface area contributed by atoms with Crippen LogP contribution < -0.4 is 14.8 Å². The van der Waals surface area contributed by atoms with E-state index in [0.717, 1.165) is 5.39 Å². The van der Waals surface area contributed by atoms with E-state index in [1.54, 1.807) is 30.3 Å². The summed E-state index contributed by atoms with van der Waals surface area (Å²) < 4.78 is 10.6. The van der Waals surface area contributed by atoms with Crippen LogP contribution in [0.5, 0.6) is 17.2 Å². The number of phenolic OH excluding ortho intramolecular Hbond substituents is 1. The van der Waals surface area contributed by atoms with Gasteiger partial charge in [0.05, 0.1) is 19.8 Å². The molecule has 122 valence electrons. The summed E-state index contributed by atoms with van der Waals surface area (Å²) in [4.78, 5) is 12.8. The van der Waals surface area contributed by atoms with Gasteiger partial charge >= 0.3 is 0 Å². The fraction of sp³-hybridized carbons (Fsp3) is 0.105. The number of anilines is 1. The fourth-order valence-electron chi connectivity index (χ4n) is 2.65. The van der Waals surface area contributed by atoms with Gasteiger partial charge in [0.1, 0.15) is 22.9 Å². The Balaban J connectivity index is 2.08. The van der Waals surface area contributed by atoms with E-state index in [0.29, 0.717) is 22.6 Å². The van der Waals surface area contributed by atoms with E-state index in [1.165, 1.54) is 20.3 Å². The number of benzene rings is 3. The van der Waals surface area contributed by atoms with Crippen molar-refractivity contribution in [2.45, 2.75) is 0 Å². The Morgan fingerprint density at radius 1 is 0.917 bits per heavy atom. The first-order chi connectivity index (χ1) is 11.7. The summed E-state index contributed by atoms with van der Waals surface area (Å²) in [6, 6.07) is 15.9. The topological polar surface area (TPSA) is 67.8 Å². The van der Waals surface area contributed by atoms with Crippen LogP contribution in [-0.2, 0) is 0 Å². The van der Waals surface area contributed by atoms with E-state index in [9.17, 15) is 9.90 Å². The number of carbonyl (C=O) groups excluding carboxylic acids is 1. The lowest BCUT2D eigenvalue weighted by atomic mass is 10.0. The third-order valence-corrected chi connectivity index (χ3v) is 3.80. The van der Waals surface area contributed by atoms with Crippen molar-refractivity contribution in [1.82, 2.24) is 0 Å². The van der Waals surface area contributed by atoms with Crippen LogP contribution in [0, 0.1) is 0 Å². The fourth-order valence-corrected chi connectivity index (χ4v) is 2.65. The van der Waals surface area contributed by atoms with Crippen molar-refractivity contribution in [3.63, 3.8) is 0 Å². The van der Waals surface area contributed by atoms with Gasteiger partial charge in [0, 0.05) is 0 Å². The number of fused-ring (bicyclic) bond motifs is 1. The lowest BCUT2D eigenvalue weighted by Gasteiger charge is -2.15. The molecule has 5 nitrogen and oxygen atoms in total. The van der Waals surface area contributed by atoms with Crippen molar-refractivity contribution in [1.29, 1.82) is 0 Å². The molecule has 3 aromatic carbocycles. The molecule has 24 heavy (non-hydrogen) atoms. The molecule has 2 N–H and O–H groups in total. The molecule has 0 unspecified atom stereocenters. The highest BCUT2D eigenvalue weighted by Crippen LogP contribution is 2.36. The van der Waals surface area contributed by atoms with Crippen molar-refractivity contribution < 1.29 is 19.4 Å². The molecule has 1 amide bonds. The zero-order valence-electron chi connectivity index (χ0n) is 13.4. The first-order valence-corrected chi connectivity index (χ1v) is 7.38. The number of ether oxygens (including phenoxy) is 2. The Morgan fingerprint density at radius 2 is 1.58 bits per heavy atom. The normalized spacial score (nSPS) is 10.4. The molecule has 0 aliphatic rings. The highest BCUT2D eigenvalue weighted by Gasteiger charge is 2.19. The highest BCUT2D eigenvalue weighted by atomic mass is 16.5. The van der Waals surface area contributed by atoms with Gasteiger partial charge in [-0.2, -0.15) is 0 Å². The number of nitrogens with one attached hydrogen (secondary N) is 1. The second-order valence-electron chi connectivity index (χ2n) is 5.17. The second kappa shape index (κ2) is 6.50. The molecule has 3 rings (SSSR count). The predicted molar refractivity (Wildman–Crippen MR) is 93.1 cm³/mol. The maximum Gasteiger partial charge on any atom is 0.260 e. The number of aromatic hydroxyl groups is 1. The number of carbonyl (C=O) groups is 1. The molecule has 0 aliphatic heterocycles. The molecular weight excluding hydrogens is 306 g/mol. The van der Waals surface area contributed by atoms with Crippen LogP contribution >= 0.6 is 0 Å². The molecule has 0 saturated carbocycles. The van der Waals surface area contributed by atoms with E-state index >= 15 is 0 Å². The Hall–Kier alpha value is -3.21. The third kappa shape index (κ3) is 2.72. The summed E-state index contributed by atoms with van der Waals surface area (Å²) in [5.41, 5.74) is 0.626. The van der Waals surface area contributed by atoms with Crippen molar-refractivity contribution in [3.8, 4) is 17.2 Å². The highest BCUT2D eigenvalue weighted by molar-refractivity contribution is 6.15. The van der Waals surface area contributed by atoms with Gasteiger partial charge in [0.2, 0.25) is 0 Å². The van der Waals surface area contributed by atoms with Gasteiger partial charge in [-0.05, 0) is 29.0 Å². The largest absolute Gasteiger partial charge is 0.507 e. The monoisotopic (exact) mass is 323 g/mol. The first-order valence-electron chi connectivity index (χ1n) is 7.38. The van der Waals surface area contributed by atoms with Gasteiger partial charge in [-0.1, -0.05) is 36.4 Å². The molecule has 0 aromatic heterocycles. The van der Waals surface area contributed by atoms with Crippen molar-refractivity contribution in [3.05, 3.63) is 60.2 Å². The Kier molecular flexibility index (Phi) is 4.24. The summed E-state index contributed by atoms with van der Waals surface area (Å²) in [6.07, 6.45) is 0. The zero-order valence-corrected chi connectivity index (χ0v) is 13.4. The SMILES string of the molecule is COc1cccc(OC)c1NC(=O)c1c(O)ccc2ccccc12. The van der Waals surface area contributed by atoms with E-state index in [-0.39, 0.29) is 11.3 Å². The zero-order chi connectivity index (χ0) is 17.1. The van der Waals surface area contributed by atoms with E-state index in [4.69, 9.17) is 9.47 Å².